The van der Waals surface area contributed by atoms with Crippen molar-refractivity contribution in [2.75, 3.05) is 18.9 Å². The molecule has 3 aromatic heterocycles. The molecule has 13 rings (SSSR count). The fourth-order valence-electron chi connectivity index (χ4n) is 12.2. The number of nitrogens with two attached hydrogens (primary N) is 1. The lowest BCUT2D eigenvalue weighted by atomic mass is 9.50. The number of nitriles is 2. The second-order valence-electron chi connectivity index (χ2n) is 21.5. The minimum absolute atomic E-state index is 0.237. The minimum atomic E-state index is -0.595. The van der Waals surface area contributed by atoms with E-state index in [9.17, 15) is 10.5 Å². The average molecular weight is 1150 g/mol. The Morgan fingerprint density at radius 1 is 0.472 bits per heavy atom. The lowest BCUT2D eigenvalue weighted by Crippen LogP contribution is -2.54. The van der Waals surface area contributed by atoms with Crippen molar-refractivity contribution in [1.29, 1.82) is 10.5 Å². The maximum Gasteiger partial charge on any atom is 0.328 e. The molecule has 0 saturated carbocycles. The van der Waals surface area contributed by atoms with Crippen LogP contribution in [0.5, 0.6) is 11.5 Å². The van der Waals surface area contributed by atoms with Crippen molar-refractivity contribution in [1.82, 2.24) is 18.9 Å². The number of aromatic nitrogens is 4. The van der Waals surface area contributed by atoms with E-state index in [1.807, 2.05) is 196 Å². The number of anilines is 1. The Balaban J connectivity index is 1.29. The van der Waals surface area contributed by atoms with Crippen LogP contribution >= 0.6 is 0 Å². The predicted molar refractivity (Wildman–Crippen MR) is 366 cm³/mol. The van der Waals surface area contributed by atoms with Gasteiger partial charge in [0.2, 0.25) is 0 Å². The lowest BCUT2D eigenvalue weighted by molar-refractivity contribution is 0.340. The van der Waals surface area contributed by atoms with Gasteiger partial charge in [0.1, 0.15) is 34.9 Å². The Bertz CT molecular complexity index is 4810. The average Bonchev–Trinajstić information content (AvgIpc) is 1.54. The van der Waals surface area contributed by atoms with Crippen LogP contribution in [-0.2, 0) is 0 Å². The summed E-state index contributed by atoms with van der Waals surface area (Å²) in [5, 5.41) is 27.2. The molecule has 0 spiro atoms. The molecule has 424 valence electrons. The lowest BCUT2D eigenvalue weighted by Gasteiger charge is -2.24. The molecular formula is C77H58B2N8O2. The number of benzene rings is 10. The van der Waals surface area contributed by atoms with Crippen LogP contribution in [0, 0.1) is 22.7 Å². The van der Waals surface area contributed by atoms with E-state index < -0.39 is 13.7 Å². The summed E-state index contributed by atoms with van der Waals surface area (Å²) in [6.07, 6.45) is 3.36. The minimum Gasteiger partial charge on any atom is -0.494 e. The first kappa shape index (κ1) is 56.4. The SMILES string of the molecule is CCOc1ccc(-c2c3/c(=C(\C#N)c4cnc5cc(-c6ccccc6)ccc5n4)n(B(c4ccccc4)c4ccccc4)c(-c4ccc(OCC)cc4)c3/c(=C(\C#N)C=Nc3ccc(-c4ccccc4)cc3N)n2B(c2ccccc2)c2ccccc2)cc1. The summed E-state index contributed by atoms with van der Waals surface area (Å²) in [7, 11) is 0. The molecule has 0 atom stereocenters. The first-order valence-electron chi connectivity index (χ1n) is 29.8. The Morgan fingerprint density at radius 2 is 0.888 bits per heavy atom. The number of hydrogen-bond donors (Lipinski definition) is 1. The van der Waals surface area contributed by atoms with Crippen molar-refractivity contribution in [3.63, 3.8) is 0 Å². The summed E-state index contributed by atoms with van der Waals surface area (Å²) in [5.74, 6) is 1.38. The molecule has 0 bridgehead atoms. The molecule has 12 heteroatoms. The number of fused-ring (bicyclic) bond motifs is 2. The Morgan fingerprint density at radius 3 is 1.33 bits per heavy atom. The van der Waals surface area contributed by atoms with E-state index >= 15 is 0 Å². The molecule has 0 saturated heterocycles. The number of ether oxygens (including phenoxy) is 2. The van der Waals surface area contributed by atoms with E-state index in [0.717, 1.165) is 66.6 Å². The van der Waals surface area contributed by atoms with Crippen molar-refractivity contribution in [2.45, 2.75) is 13.8 Å². The summed E-state index contributed by atoms with van der Waals surface area (Å²) in [6, 6.07) is 95.2. The number of nitrogens with zero attached hydrogens (tertiary/aromatic N) is 7. The quantitative estimate of drug-likeness (QED) is 0.0544. The first-order valence-corrected chi connectivity index (χ1v) is 29.8. The number of hydrogen-bond acceptors (Lipinski definition) is 8. The summed E-state index contributed by atoms with van der Waals surface area (Å²) in [4.78, 5) is 15.7. The van der Waals surface area contributed by atoms with Gasteiger partial charge in [0.15, 0.2) is 0 Å². The molecule has 0 aliphatic heterocycles. The normalized spacial score (nSPS) is 11.9. The monoisotopic (exact) mass is 1150 g/mol. The number of rotatable bonds is 17. The Labute approximate surface area is 517 Å². The van der Waals surface area contributed by atoms with E-state index in [1.54, 1.807) is 12.4 Å². The molecule has 0 fully saturated rings. The van der Waals surface area contributed by atoms with Crippen LogP contribution in [0.2, 0.25) is 0 Å². The highest BCUT2D eigenvalue weighted by Crippen LogP contribution is 2.38. The highest BCUT2D eigenvalue weighted by molar-refractivity contribution is 6.85. The molecule has 0 radical (unpaired) electrons. The van der Waals surface area contributed by atoms with E-state index in [2.05, 4.69) is 106 Å². The van der Waals surface area contributed by atoms with Gasteiger partial charge in [-0.15, -0.1) is 0 Å². The Kier molecular flexibility index (Phi) is 16.1. The third-order valence-electron chi connectivity index (χ3n) is 16.1. The van der Waals surface area contributed by atoms with Crippen LogP contribution in [-0.4, -0.2) is 52.0 Å². The molecule has 0 amide bonds. The second-order valence-corrected chi connectivity index (χ2v) is 21.5. The zero-order chi connectivity index (χ0) is 60.6. The molecule has 10 nitrogen and oxygen atoms in total. The number of nitrogen functional groups attached to an aromatic ring is 1. The van der Waals surface area contributed by atoms with Gasteiger partial charge in [-0.2, -0.15) is 10.5 Å². The van der Waals surface area contributed by atoms with Gasteiger partial charge >= 0.3 is 13.7 Å². The predicted octanol–water partition coefficient (Wildman–Crippen LogP) is 12.5. The van der Waals surface area contributed by atoms with Crippen molar-refractivity contribution in [3.05, 3.63) is 290 Å². The zero-order valence-electron chi connectivity index (χ0n) is 49.2. The standard InChI is InChI=1S/C77H58B2N8O2/c1-3-88-64-41-35-55(36-42-64)74-72-73(77(87(74)79(62-31-19-9-20-32-62)63-33-21-10-22-34-63)66(50-81)71-52-84-70-48-58(40-46-69(70)85-71)54-25-13-6-14-26-54)75(56-37-43-65(44-38-56)89-4-2)86(78(60-27-15-7-16-28-60)61-29-17-8-18-30-61)76(72)59(49-80)51-83-68-45-39-57(47-67(68)82)53-23-11-5-12-24-53/h5-48,51-52H,3-4,82H2,1-2H3/b76-59-,77-66-,83-51?. The van der Waals surface area contributed by atoms with Gasteiger partial charge in [-0.3, -0.25) is 9.98 Å². The van der Waals surface area contributed by atoms with Crippen LogP contribution in [0.3, 0.4) is 0 Å². The summed E-state index contributed by atoms with van der Waals surface area (Å²) < 4.78 is 16.9. The van der Waals surface area contributed by atoms with Crippen molar-refractivity contribution in [3.8, 4) is 68.4 Å². The molecule has 0 aliphatic rings. The number of aliphatic imine (C=N–C) groups is 1. The van der Waals surface area contributed by atoms with Crippen LogP contribution in [0.25, 0.3) is 77.7 Å². The van der Waals surface area contributed by atoms with Crippen LogP contribution in [0.1, 0.15) is 19.5 Å². The third kappa shape index (κ3) is 11.2. The third-order valence-corrected chi connectivity index (χ3v) is 16.1. The van der Waals surface area contributed by atoms with Gasteiger partial charge < -0.3 is 24.2 Å². The van der Waals surface area contributed by atoms with Gasteiger partial charge in [-0.25, -0.2) is 4.98 Å². The molecule has 0 aliphatic carbocycles. The van der Waals surface area contributed by atoms with E-state index in [-0.39, 0.29) is 11.1 Å². The van der Waals surface area contributed by atoms with E-state index in [0.29, 0.717) is 74.3 Å². The van der Waals surface area contributed by atoms with Crippen molar-refractivity contribution >= 4 is 86.1 Å². The summed E-state index contributed by atoms with van der Waals surface area (Å²) in [6.45, 7) is 3.68. The van der Waals surface area contributed by atoms with Crippen molar-refractivity contribution < 1.29 is 9.47 Å². The molecule has 2 N–H and O–H groups in total. The second kappa shape index (κ2) is 25.5. The molecule has 0 unspecified atom stereocenters. The van der Waals surface area contributed by atoms with E-state index in [1.165, 1.54) is 0 Å². The first-order chi connectivity index (χ1) is 43.9. The summed E-state index contributed by atoms with van der Waals surface area (Å²) in [5.41, 5.74) is 20.9. The molecule has 3 heterocycles. The van der Waals surface area contributed by atoms with Crippen LogP contribution in [0.4, 0.5) is 11.4 Å². The van der Waals surface area contributed by atoms with Crippen LogP contribution < -0.4 is 47.8 Å². The van der Waals surface area contributed by atoms with Crippen LogP contribution in [0.15, 0.2) is 278 Å². The fraction of sp³-hybridized carbons (Fsp3) is 0.0519. The smallest absolute Gasteiger partial charge is 0.328 e. The Hall–Kier alpha value is -11.7. The molecule has 89 heavy (non-hydrogen) atoms. The van der Waals surface area contributed by atoms with Gasteiger partial charge in [-0.1, -0.05) is 216 Å². The van der Waals surface area contributed by atoms with Gasteiger partial charge in [0, 0.05) is 28.4 Å². The van der Waals surface area contributed by atoms with Gasteiger partial charge in [0.25, 0.3) is 0 Å². The van der Waals surface area contributed by atoms with E-state index in [4.69, 9.17) is 30.2 Å². The maximum atomic E-state index is 12.5. The topological polar surface area (TPSA) is 140 Å². The van der Waals surface area contributed by atoms with Gasteiger partial charge in [0.05, 0.1) is 58.1 Å². The molecule has 13 aromatic rings. The highest BCUT2D eigenvalue weighted by Gasteiger charge is 2.37. The fourth-order valence-corrected chi connectivity index (χ4v) is 12.2. The summed E-state index contributed by atoms with van der Waals surface area (Å²) >= 11 is 0. The highest BCUT2D eigenvalue weighted by atomic mass is 16.5. The molecular weight excluding hydrogens is 1090 g/mol. The zero-order valence-corrected chi connectivity index (χ0v) is 49.2. The molecule has 10 aromatic carbocycles. The maximum absolute atomic E-state index is 12.5. The van der Waals surface area contributed by atoms with Gasteiger partial charge in [-0.05, 0) is 120 Å². The van der Waals surface area contributed by atoms with Crippen molar-refractivity contribution in [2.24, 2.45) is 4.99 Å². The largest absolute Gasteiger partial charge is 0.494 e.